The normalized spacial score (nSPS) is 20.4. The molecule has 3 rings (SSSR count). The summed E-state index contributed by atoms with van der Waals surface area (Å²) in [5.41, 5.74) is 0.573. The molecule has 1 saturated heterocycles. The van der Waals surface area contributed by atoms with Crippen molar-refractivity contribution in [2.75, 3.05) is 13.1 Å². The molecule has 1 aliphatic heterocycles. The molecule has 0 saturated carbocycles. The summed E-state index contributed by atoms with van der Waals surface area (Å²) in [4.78, 5) is 22.0. The molecule has 1 fully saturated rings. The average Bonchev–Trinajstić information content (AvgIpc) is 2.72. The lowest BCUT2D eigenvalue weighted by atomic mass is 9.96. The van der Waals surface area contributed by atoms with Gasteiger partial charge < -0.3 is 4.98 Å². The van der Waals surface area contributed by atoms with Crippen LogP contribution in [0.3, 0.4) is 0 Å². The van der Waals surface area contributed by atoms with Crippen LogP contribution in [0.25, 0.3) is 11.0 Å². The predicted octanol–water partition coefficient (Wildman–Crippen LogP) is 2.06. The van der Waals surface area contributed by atoms with E-state index in [-0.39, 0.29) is 5.56 Å². The molecule has 0 aromatic carbocycles. The Kier molecular flexibility index (Phi) is 4.57. The second-order valence-corrected chi connectivity index (χ2v) is 6.38. The molecule has 6 nitrogen and oxygen atoms in total. The molecule has 1 atom stereocenters. The van der Waals surface area contributed by atoms with Gasteiger partial charge >= 0.3 is 0 Å². The maximum absolute atomic E-state index is 12.1. The monoisotopic (exact) mass is 303 g/mol. The number of fused-ring (bicyclic) bond motifs is 1. The van der Waals surface area contributed by atoms with Gasteiger partial charge in [-0.1, -0.05) is 19.8 Å². The Morgan fingerprint density at radius 1 is 1.36 bits per heavy atom. The predicted molar refractivity (Wildman–Crippen MR) is 86.7 cm³/mol. The number of nitrogens with one attached hydrogen (secondary N) is 1. The second kappa shape index (κ2) is 6.60. The summed E-state index contributed by atoms with van der Waals surface area (Å²) in [6.45, 7) is 5.17. The van der Waals surface area contributed by atoms with Crippen LogP contribution in [0.4, 0.5) is 0 Å². The van der Waals surface area contributed by atoms with Gasteiger partial charge in [0.05, 0.1) is 12.7 Å². The summed E-state index contributed by atoms with van der Waals surface area (Å²) in [6, 6.07) is 0. The Morgan fingerprint density at radius 3 is 3.05 bits per heavy atom. The lowest BCUT2D eigenvalue weighted by Gasteiger charge is -2.19. The average molecular weight is 303 g/mol. The van der Waals surface area contributed by atoms with Crippen molar-refractivity contribution < 1.29 is 0 Å². The van der Waals surface area contributed by atoms with Crippen molar-refractivity contribution in [2.45, 2.75) is 45.6 Å². The molecule has 120 valence electrons. The van der Waals surface area contributed by atoms with E-state index in [2.05, 4.69) is 26.9 Å². The maximum atomic E-state index is 12.1. The topological polar surface area (TPSA) is 66.8 Å². The van der Waals surface area contributed by atoms with E-state index in [4.69, 9.17) is 0 Å². The van der Waals surface area contributed by atoms with Gasteiger partial charge in [-0.25, -0.2) is 4.98 Å². The number of rotatable bonds is 4. The van der Waals surface area contributed by atoms with E-state index in [0.717, 1.165) is 31.4 Å². The van der Waals surface area contributed by atoms with Gasteiger partial charge in [-0.15, -0.1) is 0 Å². The molecule has 6 heteroatoms. The molecular formula is C16H25N5O. The van der Waals surface area contributed by atoms with Crippen molar-refractivity contribution in [3.8, 4) is 0 Å². The summed E-state index contributed by atoms with van der Waals surface area (Å²) in [6.07, 6.45) is 8.01. The SMILES string of the molecule is CCC[C@H]1CCCN(Cc2nc3c(cnn3C)c(=O)[nH]2)CC1. The third kappa shape index (κ3) is 3.21. The maximum Gasteiger partial charge on any atom is 0.262 e. The van der Waals surface area contributed by atoms with Crippen molar-refractivity contribution in [3.05, 3.63) is 22.4 Å². The molecule has 0 bridgehead atoms. The standard InChI is InChI=1S/C16H25N5O/c1-3-5-12-6-4-8-21(9-7-12)11-14-18-15-13(16(22)19-14)10-17-20(15)2/h10,12H,3-9,11H2,1-2H3,(H,18,19,22)/t12-/m0/s1. The van der Waals surface area contributed by atoms with Crippen LogP contribution >= 0.6 is 0 Å². The zero-order valence-corrected chi connectivity index (χ0v) is 13.5. The van der Waals surface area contributed by atoms with Crippen LogP contribution < -0.4 is 5.56 Å². The number of aromatic amines is 1. The Balaban J connectivity index is 1.73. The lowest BCUT2D eigenvalue weighted by molar-refractivity contribution is 0.265. The summed E-state index contributed by atoms with van der Waals surface area (Å²) in [7, 11) is 1.82. The van der Waals surface area contributed by atoms with Crippen LogP contribution in [0, 0.1) is 5.92 Å². The summed E-state index contributed by atoms with van der Waals surface area (Å²) in [5.74, 6) is 1.61. The van der Waals surface area contributed by atoms with Crippen molar-refractivity contribution in [3.63, 3.8) is 0 Å². The molecule has 1 aliphatic rings. The van der Waals surface area contributed by atoms with Crippen LogP contribution in [-0.4, -0.2) is 37.7 Å². The minimum absolute atomic E-state index is 0.0909. The minimum atomic E-state index is -0.0909. The molecule has 0 radical (unpaired) electrons. The Labute approximate surface area is 130 Å². The molecule has 2 aromatic heterocycles. The fourth-order valence-corrected chi connectivity index (χ4v) is 3.44. The van der Waals surface area contributed by atoms with Crippen molar-refractivity contribution in [1.82, 2.24) is 24.6 Å². The minimum Gasteiger partial charge on any atom is -0.309 e. The van der Waals surface area contributed by atoms with E-state index in [1.54, 1.807) is 10.9 Å². The van der Waals surface area contributed by atoms with E-state index in [0.29, 0.717) is 11.0 Å². The van der Waals surface area contributed by atoms with Crippen molar-refractivity contribution in [2.24, 2.45) is 13.0 Å². The number of likely N-dealkylation sites (tertiary alicyclic amines) is 1. The van der Waals surface area contributed by atoms with Gasteiger partial charge in [-0.2, -0.15) is 5.10 Å². The van der Waals surface area contributed by atoms with Gasteiger partial charge in [0.2, 0.25) is 0 Å². The first-order valence-electron chi connectivity index (χ1n) is 8.30. The fourth-order valence-electron chi connectivity index (χ4n) is 3.44. The molecule has 22 heavy (non-hydrogen) atoms. The largest absolute Gasteiger partial charge is 0.309 e. The Hall–Kier alpha value is -1.69. The Morgan fingerprint density at radius 2 is 2.23 bits per heavy atom. The van der Waals surface area contributed by atoms with E-state index in [1.165, 1.54) is 32.1 Å². The summed E-state index contributed by atoms with van der Waals surface area (Å²) < 4.78 is 1.66. The van der Waals surface area contributed by atoms with E-state index >= 15 is 0 Å². The lowest BCUT2D eigenvalue weighted by Crippen LogP contribution is -2.27. The number of aromatic nitrogens is 4. The third-order valence-electron chi connectivity index (χ3n) is 4.66. The highest BCUT2D eigenvalue weighted by Gasteiger charge is 2.18. The molecule has 0 unspecified atom stereocenters. The van der Waals surface area contributed by atoms with Crippen molar-refractivity contribution >= 4 is 11.0 Å². The molecule has 2 aromatic rings. The first-order chi connectivity index (χ1) is 10.7. The molecule has 0 aliphatic carbocycles. The first-order valence-corrected chi connectivity index (χ1v) is 8.30. The number of aryl methyl sites for hydroxylation is 1. The van der Waals surface area contributed by atoms with Gasteiger partial charge in [0.1, 0.15) is 11.2 Å². The van der Waals surface area contributed by atoms with E-state index < -0.39 is 0 Å². The molecule has 3 heterocycles. The van der Waals surface area contributed by atoms with Gasteiger partial charge in [0.15, 0.2) is 5.65 Å². The van der Waals surface area contributed by atoms with Crippen LogP contribution in [0.15, 0.2) is 11.0 Å². The third-order valence-corrected chi connectivity index (χ3v) is 4.66. The zero-order chi connectivity index (χ0) is 15.5. The molecule has 1 N–H and O–H groups in total. The number of nitrogens with zero attached hydrogens (tertiary/aromatic N) is 4. The van der Waals surface area contributed by atoms with Gasteiger partial charge in [-0.05, 0) is 38.3 Å². The Bertz CT molecular complexity index is 689. The van der Waals surface area contributed by atoms with Crippen molar-refractivity contribution in [1.29, 1.82) is 0 Å². The van der Waals surface area contributed by atoms with Gasteiger partial charge in [0.25, 0.3) is 5.56 Å². The van der Waals surface area contributed by atoms with E-state index in [9.17, 15) is 4.79 Å². The summed E-state index contributed by atoms with van der Waals surface area (Å²) >= 11 is 0. The smallest absolute Gasteiger partial charge is 0.262 e. The van der Waals surface area contributed by atoms with Crippen LogP contribution in [0.2, 0.25) is 0 Å². The number of H-pyrrole nitrogens is 1. The number of hydrogen-bond acceptors (Lipinski definition) is 4. The quantitative estimate of drug-likeness (QED) is 0.939. The van der Waals surface area contributed by atoms with Gasteiger partial charge in [0, 0.05) is 7.05 Å². The van der Waals surface area contributed by atoms with Crippen LogP contribution in [-0.2, 0) is 13.6 Å². The molecule has 0 amide bonds. The van der Waals surface area contributed by atoms with E-state index in [1.807, 2.05) is 7.05 Å². The molecule has 0 spiro atoms. The summed E-state index contributed by atoms with van der Waals surface area (Å²) in [5, 5.41) is 4.67. The highest BCUT2D eigenvalue weighted by molar-refractivity contribution is 5.72. The van der Waals surface area contributed by atoms with Gasteiger partial charge in [-0.3, -0.25) is 14.4 Å². The second-order valence-electron chi connectivity index (χ2n) is 6.38. The molecular weight excluding hydrogens is 278 g/mol. The zero-order valence-electron chi connectivity index (χ0n) is 13.5. The fraction of sp³-hybridized carbons (Fsp3) is 0.688. The van der Waals surface area contributed by atoms with Crippen LogP contribution in [0.5, 0.6) is 0 Å². The van der Waals surface area contributed by atoms with Crippen LogP contribution in [0.1, 0.15) is 44.9 Å². The first kappa shape index (κ1) is 15.2. The highest BCUT2D eigenvalue weighted by atomic mass is 16.1. The number of hydrogen-bond donors (Lipinski definition) is 1. The highest BCUT2D eigenvalue weighted by Crippen LogP contribution is 2.22.